The van der Waals surface area contributed by atoms with E-state index in [1.807, 2.05) is 7.05 Å². The molecule has 74 valence electrons. The summed E-state index contributed by atoms with van der Waals surface area (Å²) in [5.41, 5.74) is 0.0399. The Bertz CT molecular complexity index is 102. The molecule has 0 spiro atoms. The van der Waals surface area contributed by atoms with Gasteiger partial charge in [0.1, 0.15) is 0 Å². The zero-order chi connectivity index (χ0) is 9.45. The summed E-state index contributed by atoms with van der Waals surface area (Å²) >= 11 is 0. The van der Waals surface area contributed by atoms with Crippen molar-refractivity contribution < 1.29 is 4.74 Å². The molecule has 0 aromatic heterocycles. The molecule has 0 heterocycles. The van der Waals surface area contributed by atoms with Gasteiger partial charge in [-0.1, -0.05) is 13.3 Å². The first-order valence-corrected chi connectivity index (χ1v) is 4.91. The third kappa shape index (κ3) is 6.62. The molecular formula is C10H23NO. The Labute approximate surface area is 76.7 Å². The van der Waals surface area contributed by atoms with E-state index in [2.05, 4.69) is 26.1 Å². The van der Waals surface area contributed by atoms with Gasteiger partial charge in [-0.2, -0.15) is 0 Å². The van der Waals surface area contributed by atoms with Crippen LogP contribution >= 0.6 is 0 Å². The predicted molar refractivity (Wildman–Crippen MR) is 53.5 cm³/mol. The summed E-state index contributed by atoms with van der Waals surface area (Å²) in [6, 6.07) is 0. The molecule has 0 atom stereocenters. The third-order valence-electron chi connectivity index (χ3n) is 1.97. The average Bonchev–Trinajstić information content (AvgIpc) is 2.01. The Morgan fingerprint density at radius 2 is 2.00 bits per heavy atom. The fourth-order valence-electron chi connectivity index (χ4n) is 0.991. The summed E-state index contributed by atoms with van der Waals surface area (Å²) in [5.74, 6) is 0. The smallest absolute Gasteiger partial charge is 0.0638 e. The molecule has 0 aliphatic carbocycles. The minimum Gasteiger partial charge on any atom is -0.376 e. The quantitative estimate of drug-likeness (QED) is 0.596. The molecule has 2 heteroatoms. The molecule has 0 aromatic carbocycles. The summed E-state index contributed by atoms with van der Waals surface area (Å²) in [7, 11) is 1.97. The first kappa shape index (κ1) is 11.9. The van der Waals surface area contributed by atoms with Gasteiger partial charge in [-0.25, -0.2) is 0 Å². The van der Waals surface area contributed by atoms with Crippen molar-refractivity contribution in [2.24, 2.45) is 0 Å². The van der Waals surface area contributed by atoms with Gasteiger partial charge >= 0.3 is 0 Å². The number of hydrogen-bond donors (Lipinski definition) is 1. The number of nitrogens with one attached hydrogen (secondary N) is 1. The standard InChI is InChI=1S/C10H23NO/c1-5-6-9-12-10(2,3)7-8-11-4/h11H,5-9H2,1-4H3. The van der Waals surface area contributed by atoms with Crippen LogP contribution < -0.4 is 5.32 Å². The summed E-state index contributed by atoms with van der Waals surface area (Å²) in [6.45, 7) is 8.41. The van der Waals surface area contributed by atoms with Crippen LogP contribution in [0, 0.1) is 0 Å². The summed E-state index contributed by atoms with van der Waals surface area (Å²) < 4.78 is 5.73. The van der Waals surface area contributed by atoms with Gasteiger partial charge in [-0.3, -0.25) is 0 Å². The highest BCUT2D eigenvalue weighted by molar-refractivity contribution is 4.69. The molecule has 1 N–H and O–H groups in total. The van der Waals surface area contributed by atoms with Gasteiger partial charge in [-0.05, 0) is 40.3 Å². The van der Waals surface area contributed by atoms with E-state index in [9.17, 15) is 0 Å². The van der Waals surface area contributed by atoms with Gasteiger partial charge in [0.2, 0.25) is 0 Å². The van der Waals surface area contributed by atoms with Crippen LogP contribution in [-0.2, 0) is 4.74 Å². The Hall–Kier alpha value is -0.0800. The van der Waals surface area contributed by atoms with Crippen LogP contribution in [-0.4, -0.2) is 25.8 Å². The minimum atomic E-state index is 0.0399. The van der Waals surface area contributed by atoms with Gasteiger partial charge in [-0.15, -0.1) is 0 Å². The zero-order valence-corrected chi connectivity index (χ0v) is 8.94. The molecular weight excluding hydrogens is 150 g/mol. The molecule has 0 aliphatic rings. The first-order valence-electron chi connectivity index (χ1n) is 4.91. The summed E-state index contributed by atoms with van der Waals surface area (Å²) in [6.07, 6.45) is 3.46. The normalized spacial score (nSPS) is 12.0. The van der Waals surface area contributed by atoms with Gasteiger partial charge in [0.15, 0.2) is 0 Å². The summed E-state index contributed by atoms with van der Waals surface area (Å²) in [4.78, 5) is 0. The van der Waals surface area contributed by atoms with Gasteiger partial charge in [0.25, 0.3) is 0 Å². The lowest BCUT2D eigenvalue weighted by atomic mass is 10.1. The van der Waals surface area contributed by atoms with Gasteiger partial charge in [0, 0.05) is 6.61 Å². The van der Waals surface area contributed by atoms with Crippen molar-refractivity contribution in [1.82, 2.24) is 5.32 Å². The molecule has 0 aliphatic heterocycles. The highest BCUT2D eigenvalue weighted by Crippen LogP contribution is 2.13. The van der Waals surface area contributed by atoms with E-state index in [0.717, 1.165) is 19.6 Å². The maximum absolute atomic E-state index is 5.73. The highest BCUT2D eigenvalue weighted by atomic mass is 16.5. The number of ether oxygens (including phenoxy) is 1. The van der Waals surface area contributed by atoms with E-state index >= 15 is 0 Å². The second-order valence-electron chi connectivity index (χ2n) is 3.82. The van der Waals surface area contributed by atoms with Crippen molar-refractivity contribution in [1.29, 1.82) is 0 Å². The number of hydrogen-bond acceptors (Lipinski definition) is 2. The van der Waals surface area contributed by atoms with E-state index < -0.39 is 0 Å². The molecule has 0 saturated heterocycles. The highest BCUT2D eigenvalue weighted by Gasteiger charge is 2.16. The van der Waals surface area contributed by atoms with Gasteiger partial charge in [0.05, 0.1) is 5.60 Å². The van der Waals surface area contributed by atoms with Crippen molar-refractivity contribution >= 4 is 0 Å². The fraction of sp³-hybridized carbons (Fsp3) is 1.00. The second kappa shape index (κ2) is 6.44. The largest absolute Gasteiger partial charge is 0.376 e. The summed E-state index contributed by atoms with van der Waals surface area (Å²) in [5, 5.41) is 3.13. The van der Waals surface area contributed by atoms with E-state index in [1.165, 1.54) is 12.8 Å². The van der Waals surface area contributed by atoms with Crippen LogP contribution in [0.1, 0.15) is 40.0 Å². The number of unbranched alkanes of at least 4 members (excludes halogenated alkanes) is 1. The van der Waals surface area contributed by atoms with Crippen LogP contribution in [0.5, 0.6) is 0 Å². The molecule has 12 heavy (non-hydrogen) atoms. The predicted octanol–water partition coefficient (Wildman–Crippen LogP) is 2.19. The monoisotopic (exact) mass is 173 g/mol. The van der Waals surface area contributed by atoms with E-state index in [4.69, 9.17) is 4.74 Å². The van der Waals surface area contributed by atoms with Crippen LogP contribution in [0.3, 0.4) is 0 Å². The molecule has 0 unspecified atom stereocenters. The van der Waals surface area contributed by atoms with Crippen LogP contribution in [0.4, 0.5) is 0 Å². The molecule has 0 fully saturated rings. The van der Waals surface area contributed by atoms with Crippen molar-refractivity contribution in [3.05, 3.63) is 0 Å². The maximum atomic E-state index is 5.73. The van der Waals surface area contributed by atoms with Crippen LogP contribution in [0.15, 0.2) is 0 Å². The molecule has 0 radical (unpaired) electrons. The average molecular weight is 173 g/mol. The van der Waals surface area contributed by atoms with Crippen LogP contribution in [0.25, 0.3) is 0 Å². The Kier molecular flexibility index (Phi) is 6.39. The SMILES string of the molecule is CCCCOC(C)(C)CCNC. The molecule has 0 bridgehead atoms. The minimum absolute atomic E-state index is 0.0399. The number of rotatable bonds is 7. The van der Waals surface area contributed by atoms with Crippen molar-refractivity contribution in [2.45, 2.75) is 45.6 Å². The zero-order valence-electron chi connectivity index (χ0n) is 8.94. The van der Waals surface area contributed by atoms with Crippen LogP contribution in [0.2, 0.25) is 0 Å². The molecule has 0 aromatic rings. The lowest BCUT2D eigenvalue weighted by Crippen LogP contribution is -2.29. The third-order valence-corrected chi connectivity index (χ3v) is 1.97. The Balaban J connectivity index is 3.42. The van der Waals surface area contributed by atoms with Crippen molar-refractivity contribution in [3.63, 3.8) is 0 Å². The molecule has 2 nitrogen and oxygen atoms in total. The topological polar surface area (TPSA) is 21.3 Å². The second-order valence-corrected chi connectivity index (χ2v) is 3.82. The van der Waals surface area contributed by atoms with E-state index in [-0.39, 0.29) is 5.60 Å². The van der Waals surface area contributed by atoms with Crippen molar-refractivity contribution in [2.75, 3.05) is 20.2 Å². The maximum Gasteiger partial charge on any atom is 0.0638 e. The van der Waals surface area contributed by atoms with E-state index in [0.29, 0.717) is 0 Å². The van der Waals surface area contributed by atoms with E-state index in [1.54, 1.807) is 0 Å². The molecule has 0 saturated carbocycles. The van der Waals surface area contributed by atoms with Crippen molar-refractivity contribution in [3.8, 4) is 0 Å². The first-order chi connectivity index (χ1) is 5.62. The Morgan fingerprint density at radius 1 is 1.33 bits per heavy atom. The Morgan fingerprint density at radius 3 is 2.50 bits per heavy atom. The lowest BCUT2D eigenvalue weighted by Gasteiger charge is -2.25. The lowest BCUT2D eigenvalue weighted by molar-refractivity contribution is -0.0238. The molecule has 0 rings (SSSR count). The fourth-order valence-corrected chi connectivity index (χ4v) is 0.991. The molecule has 0 amide bonds. The van der Waals surface area contributed by atoms with Gasteiger partial charge < -0.3 is 10.1 Å².